The normalized spacial score (nSPS) is 14.0. The average Bonchev–Trinajstić information content (AvgIpc) is 2.62. The minimum absolute atomic E-state index is 0.0499. The Hall–Kier alpha value is -1.21. The van der Waals surface area contributed by atoms with Gasteiger partial charge >= 0.3 is 6.18 Å². The van der Waals surface area contributed by atoms with Gasteiger partial charge in [0.25, 0.3) is 0 Å². The first-order valence-electron chi connectivity index (χ1n) is 8.70. The third kappa shape index (κ3) is 5.39. The zero-order chi connectivity index (χ0) is 19.9. The largest absolute Gasteiger partial charge is 0.493 e. The fourth-order valence-electron chi connectivity index (χ4n) is 2.81. The summed E-state index contributed by atoms with van der Waals surface area (Å²) in [4.78, 5) is 1.44. The number of alkyl halides is 4. The van der Waals surface area contributed by atoms with Crippen LogP contribution in [0.15, 0.2) is 24.9 Å². The van der Waals surface area contributed by atoms with Gasteiger partial charge in [0, 0.05) is 5.33 Å². The molecule has 0 aliphatic heterocycles. The molecule has 0 heterocycles. The maximum Gasteiger partial charge on any atom is 0.418 e. The molecule has 1 aromatic rings. The van der Waals surface area contributed by atoms with E-state index in [9.17, 15) is 18.3 Å². The van der Waals surface area contributed by atoms with Crippen LogP contribution in [0.1, 0.15) is 50.7 Å². The zero-order valence-corrected chi connectivity index (χ0v) is 17.0. The highest BCUT2D eigenvalue weighted by molar-refractivity contribution is 9.09. The van der Waals surface area contributed by atoms with Gasteiger partial charge in [-0.25, -0.2) is 0 Å². The van der Waals surface area contributed by atoms with Crippen LogP contribution in [0.25, 0.3) is 0 Å². The van der Waals surface area contributed by atoms with Gasteiger partial charge in [-0.05, 0) is 42.7 Å². The first-order valence-corrected chi connectivity index (χ1v) is 9.82. The van der Waals surface area contributed by atoms with Crippen molar-refractivity contribution in [3.8, 4) is 5.75 Å². The Balaban J connectivity index is 3.73. The predicted molar refractivity (Wildman–Crippen MR) is 103 cm³/mol. The second-order valence-corrected chi connectivity index (χ2v) is 6.88. The Morgan fingerprint density at radius 3 is 2.38 bits per heavy atom. The van der Waals surface area contributed by atoms with Gasteiger partial charge in [0.2, 0.25) is 0 Å². The molecule has 0 radical (unpaired) electrons. The summed E-state index contributed by atoms with van der Waals surface area (Å²) in [5.74, 6) is 0.0779. The van der Waals surface area contributed by atoms with Crippen molar-refractivity contribution < 1.29 is 23.0 Å². The number of hydrogen-bond donors (Lipinski definition) is 1. The van der Waals surface area contributed by atoms with Crippen LogP contribution in [0.3, 0.4) is 0 Å². The van der Waals surface area contributed by atoms with E-state index in [2.05, 4.69) is 22.5 Å². The van der Waals surface area contributed by atoms with Crippen molar-refractivity contribution in [2.75, 3.05) is 23.4 Å². The highest BCUT2D eigenvalue weighted by atomic mass is 79.9. The van der Waals surface area contributed by atoms with Crippen LogP contribution in [-0.4, -0.2) is 29.7 Å². The van der Waals surface area contributed by atoms with Crippen molar-refractivity contribution in [1.29, 1.82) is 0 Å². The summed E-state index contributed by atoms with van der Waals surface area (Å²) in [6.07, 6.45) is -2.03. The van der Waals surface area contributed by atoms with E-state index in [1.165, 1.54) is 11.1 Å². The number of aliphatic hydroxyl groups is 1. The predicted octanol–water partition coefficient (Wildman–Crippen LogP) is 5.71. The van der Waals surface area contributed by atoms with Gasteiger partial charge in [0.1, 0.15) is 5.75 Å². The fourth-order valence-corrected chi connectivity index (χ4v) is 2.97. The SMILES string of the molecule is C=CN(c1c([C@H](C)CC)cc(OCCBr)cc1C(F)(F)F)C(CC)CO. The van der Waals surface area contributed by atoms with Crippen molar-refractivity contribution in [1.82, 2.24) is 0 Å². The minimum Gasteiger partial charge on any atom is -0.493 e. The van der Waals surface area contributed by atoms with Gasteiger partial charge in [-0.2, -0.15) is 13.2 Å². The molecular formula is C19H27BrF3NO2. The van der Waals surface area contributed by atoms with Gasteiger partial charge in [-0.3, -0.25) is 0 Å². The highest BCUT2D eigenvalue weighted by Gasteiger charge is 2.38. The minimum atomic E-state index is -4.56. The lowest BCUT2D eigenvalue weighted by atomic mass is 9.92. The molecule has 0 amide bonds. The van der Waals surface area contributed by atoms with E-state index in [1.807, 2.05) is 20.8 Å². The molecule has 1 N–H and O–H groups in total. The summed E-state index contributed by atoms with van der Waals surface area (Å²) in [5, 5.41) is 10.2. The molecule has 2 atom stereocenters. The van der Waals surface area contributed by atoms with Crippen molar-refractivity contribution in [2.24, 2.45) is 0 Å². The second kappa shape index (κ2) is 10.2. The summed E-state index contributed by atoms with van der Waals surface area (Å²) in [5.41, 5.74) is -0.181. The molecule has 7 heteroatoms. The topological polar surface area (TPSA) is 32.7 Å². The van der Waals surface area contributed by atoms with Crippen molar-refractivity contribution in [2.45, 2.75) is 51.7 Å². The number of ether oxygens (including phenoxy) is 1. The van der Waals surface area contributed by atoms with E-state index < -0.39 is 17.8 Å². The molecule has 26 heavy (non-hydrogen) atoms. The van der Waals surface area contributed by atoms with Gasteiger partial charge in [-0.1, -0.05) is 43.3 Å². The molecular weight excluding hydrogens is 411 g/mol. The third-order valence-corrected chi connectivity index (χ3v) is 4.76. The van der Waals surface area contributed by atoms with Crippen LogP contribution in [0, 0.1) is 0 Å². The van der Waals surface area contributed by atoms with Crippen molar-refractivity contribution in [3.05, 3.63) is 36.0 Å². The molecule has 0 spiro atoms. The van der Waals surface area contributed by atoms with E-state index in [0.717, 1.165) is 6.07 Å². The van der Waals surface area contributed by atoms with Crippen molar-refractivity contribution >= 4 is 21.6 Å². The molecule has 0 saturated carbocycles. The van der Waals surface area contributed by atoms with Gasteiger partial charge in [-0.15, -0.1) is 0 Å². The highest BCUT2D eigenvalue weighted by Crippen LogP contribution is 2.45. The fraction of sp³-hybridized carbons (Fsp3) is 0.579. The molecule has 1 aromatic carbocycles. The van der Waals surface area contributed by atoms with Gasteiger partial charge in [0.15, 0.2) is 0 Å². The van der Waals surface area contributed by atoms with E-state index in [-0.39, 0.29) is 30.6 Å². The molecule has 0 aliphatic carbocycles. The van der Waals surface area contributed by atoms with Crippen LogP contribution in [0.2, 0.25) is 0 Å². The molecule has 0 bridgehead atoms. The first-order chi connectivity index (χ1) is 12.2. The summed E-state index contributed by atoms with van der Waals surface area (Å²) in [7, 11) is 0. The number of hydrogen-bond acceptors (Lipinski definition) is 3. The molecule has 0 aromatic heterocycles. The second-order valence-electron chi connectivity index (χ2n) is 6.09. The summed E-state index contributed by atoms with van der Waals surface area (Å²) >= 11 is 3.22. The standard InChI is InChI=1S/C19H27BrF3NO2/c1-5-13(4)16-10-15(26-9-8-20)11-17(19(21,22)23)18(16)24(7-3)14(6-2)12-25/h7,10-11,13-14,25H,3,5-6,8-9,12H2,1-2,4H3/t13-,14?/m1/s1. The summed E-state index contributed by atoms with van der Waals surface area (Å²) < 4.78 is 47.1. The molecule has 1 rings (SSSR count). The molecule has 3 nitrogen and oxygen atoms in total. The van der Waals surface area contributed by atoms with E-state index in [4.69, 9.17) is 4.74 Å². The van der Waals surface area contributed by atoms with Gasteiger partial charge in [0.05, 0.1) is 30.5 Å². The Bertz CT molecular complexity index is 589. The van der Waals surface area contributed by atoms with E-state index >= 15 is 0 Å². The number of nitrogens with zero attached hydrogens (tertiary/aromatic N) is 1. The van der Waals surface area contributed by atoms with Crippen LogP contribution in [-0.2, 0) is 6.18 Å². The Kier molecular flexibility index (Phi) is 8.96. The van der Waals surface area contributed by atoms with E-state index in [0.29, 0.717) is 23.7 Å². The van der Waals surface area contributed by atoms with E-state index in [1.54, 1.807) is 6.07 Å². The van der Waals surface area contributed by atoms with Crippen molar-refractivity contribution in [3.63, 3.8) is 0 Å². The third-order valence-electron chi connectivity index (χ3n) is 4.44. The Morgan fingerprint density at radius 2 is 1.96 bits per heavy atom. The van der Waals surface area contributed by atoms with Crippen LogP contribution in [0.5, 0.6) is 5.75 Å². The number of aliphatic hydroxyl groups excluding tert-OH is 1. The lowest BCUT2D eigenvalue weighted by molar-refractivity contribution is -0.137. The monoisotopic (exact) mass is 437 g/mol. The lowest BCUT2D eigenvalue weighted by Crippen LogP contribution is -2.35. The number of halogens is 4. The molecule has 0 saturated heterocycles. The Labute approximate surface area is 162 Å². The number of rotatable bonds is 10. The number of anilines is 1. The van der Waals surface area contributed by atoms with Crippen LogP contribution < -0.4 is 9.64 Å². The molecule has 0 aliphatic rings. The molecule has 148 valence electrons. The molecule has 1 unspecified atom stereocenters. The van der Waals surface area contributed by atoms with Gasteiger partial charge < -0.3 is 14.7 Å². The van der Waals surface area contributed by atoms with Crippen LogP contribution in [0.4, 0.5) is 18.9 Å². The molecule has 0 fully saturated rings. The lowest BCUT2D eigenvalue weighted by Gasteiger charge is -2.34. The summed E-state index contributed by atoms with van der Waals surface area (Å²) in [6, 6.07) is 2.22. The smallest absolute Gasteiger partial charge is 0.418 e. The Morgan fingerprint density at radius 1 is 1.31 bits per heavy atom. The maximum atomic E-state index is 13.9. The first kappa shape index (κ1) is 22.8. The summed E-state index contributed by atoms with van der Waals surface area (Å²) in [6.45, 7) is 9.33. The maximum absolute atomic E-state index is 13.9. The number of benzene rings is 1. The van der Waals surface area contributed by atoms with Crippen LogP contribution >= 0.6 is 15.9 Å². The quantitative estimate of drug-likeness (QED) is 0.475. The zero-order valence-electron chi connectivity index (χ0n) is 15.4. The average molecular weight is 438 g/mol.